The smallest absolute Gasteiger partial charge is 0.326 e. The quantitative estimate of drug-likeness (QED) is 0.101. The second-order valence-electron chi connectivity index (χ2n) is 15.7. The summed E-state index contributed by atoms with van der Waals surface area (Å²) in [6.07, 6.45) is 6.89. The lowest BCUT2D eigenvalue weighted by molar-refractivity contribution is -0.159. The number of carbonyl (C=O) groups is 4. The van der Waals surface area contributed by atoms with Crippen LogP contribution in [0.4, 0.5) is 0 Å². The van der Waals surface area contributed by atoms with Crippen molar-refractivity contribution >= 4 is 55.6 Å². The fraction of sp³-hybridized carbons (Fsp3) is 0.333. The first-order valence-corrected chi connectivity index (χ1v) is 20.9. The Bertz CT molecular complexity index is 2190. The van der Waals surface area contributed by atoms with Gasteiger partial charge >= 0.3 is 11.9 Å². The van der Waals surface area contributed by atoms with Crippen LogP contribution in [0.5, 0.6) is 5.75 Å². The van der Waals surface area contributed by atoms with Crippen molar-refractivity contribution in [3.8, 4) is 28.5 Å². The molecule has 0 bridgehead atoms. The van der Waals surface area contributed by atoms with E-state index in [0.717, 1.165) is 36.8 Å². The van der Waals surface area contributed by atoms with Gasteiger partial charge in [-0.25, -0.2) is 19.9 Å². The first-order valence-electron chi connectivity index (χ1n) is 19.3. The van der Waals surface area contributed by atoms with E-state index in [1.807, 2.05) is 69.3 Å². The Hall–Kier alpha value is -5.58. The number of hydrogen-bond acceptors (Lipinski definition) is 12. The molecule has 3 aromatic carbocycles. The van der Waals surface area contributed by atoms with Crippen LogP contribution in [0.15, 0.2) is 107 Å². The van der Waals surface area contributed by atoms with Gasteiger partial charge < -0.3 is 29.7 Å². The fourth-order valence-electron chi connectivity index (χ4n) is 5.40. The summed E-state index contributed by atoms with van der Waals surface area (Å²) in [6, 6.07) is 22.4. The Morgan fingerprint density at radius 2 is 1.08 bits per heavy atom. The van der Waals surface area contributed by atoms with Gasteiger partial charge in [-0.15, -0.1) is 0 Å². The summed E-state index contributed by atoms with van der Waals surface area (Å²) in [5, 5.41) is 5.73. The third kappa shape index (κ3) is 17.9. The van der Waals surface area contributed by atoms with E-state index in [1.54, 1.807) is 76.9 Å². The third-order valence-corrected chi connectivity index (χ3v) is 8.93. The van der Waals surface area contributed by atoms with Crippen LogP contribution in [-0.2, 0) is 48.2 Å². The lowest BCUT2D eigenvalue weighted by atomic mass is 10.1. The third-order valence-electron chi connectivity index (χ3n) is 8.11. The zero-order valence-electron chi connectivity index (χ0n) is 35.3. The van der Waals surface area contributed by atoms with E-state index in [2.05, 4.69) is 62.4 Å². The first-order chi connectivity index (χ1) is 28.9. The monoisotopic (exact) mass is 959 g/mol. The summed E-state index contributed by atoms with van der Waals surface area (Å²) in [7, 11) is 1.57. The van der Waals surface area contributed by atoms with Gasteiger partial charge in [-0.05, 0) is 102 Å². The molecule has 2 aromatic heterocycles. The SMILES string of the molecule is CC(C)(C)OC(=O)CNCc1ccc(-c2ncc(Br)cn2)cc1.COc1ccc(CC(=O)NCC(=O)N(CC(=O)OC(C)(C)C)Cc2ccc(-c3ncc(Br)cn3)cc2)cc1. The lowest BCUT2D eigenvalue weighted by Gasteiger charge is -2.25. The fourth-order valence-corrected chi connectivity index (χ4v) is 5.81. The van der Waals surface area contributed by atoms with Gasteiger partial charge in [0.05, 0.1) is 35.6 Å². The summed E-state index contributed by atoms with van der Waals surface area (Å²) >= 11 is 6.64. The second kappa shape index (κ2) is 22.9. The minimum absolute atomic E-state index is 0.114. The van der Waals surface area contributed by atoms with Gasteiger partial charge in [0.15, 0.2) is 11.6 Å². The largest absolute Gasteiger partial charge is 0.497 e. The Morgan fingerprint density at radius 3 is 1.56 bits per heavy atom. The van der Waals surface area contributed by atoms with Gasteiger partial charge in [-0.3, -0.25) is 19.2 Å². The molecular formula is C45H51Br2N7O7. The molecule has 0 unspecified atom stereocenters. The molecule has 0 spiro atoms. The molecule has 0 saturated heterocycles. The van der Waals surface area contributed by atoms with Gasteiger partial charge in [0.25, 0.3) is 0 Å². The van der Waals surface area contributed by atoms with E-state index in [4.69, 9.17) is 14.2 Å². The number of nitrogens with one attached hydrogen (secondary N) is 2. The molecule has 0 radical (unpaired) electrons. The van der Waals surface area contributed by atoms with Crippen LogP contribution in [0, 0.1) is 0 Å². The molecular weight excluding hydrogens is 910 g/mol. The number of methoxy groups -OCH3 is 1. The maximum absolute atomic E-state index is 13.1. The van der Waals surface area contributed by atoms with Crippen LogP contribution in [0.25, 0.3) is 22.8 Å². The number of benzene rings is 3. The molecule has 2 amide bonds. The van der Waals surface area contributed by atoms with E-state index >= 15 is 0 Å². The second-order valence-corrected chi connectivity index (χ2v) is 17.5. The van der Waals surface area contributed by atoms with Crippen molar-refractivity contribution < 1.29 is 33.4 Å². The predicted molar refractivity (Wildman–Crippen MR) is 239 cm³/mol. The average molecular weight is 962 g/mol. The number of halogens is 2. The minimum atomic E-state index is -0.690. The van der Waals surface area contributed by atoms with Crippen LogP contribution in [0.2, 0.25) is 0 Å². The van der Waals surface area contributed by atoms with Crippen molar-refractivity contribution in [2.45, 2.75) is 72.3 Å². The molecule has 2 heterocycles. The number of esters is 2. The number of rotatable bonds is 15. The highest BCUT2D eigenvalue weighted by atomic mass is 79.9. The average Bonchev–Trinajstić information content (AvgIpc) is 3.20. The number of nitrogens with zero attached hydrogens (tertiary/aromatic N) is 5. The molecule has 2 N–H and O–H groups in total. The number of aromatic nitrogens is 4. The maximum Gasteiger partial charge on any atom is 0.326 e. The van der Waals surface area contributed by atoms with Crippen LogP contribution >= 0.6 is 31.9 Å². The normalized spacial score (nSPS) is 11.1. The molecule has 322 valence electrons. The zero-order chi connectivity index (χ0) is 44.6. The van der Waals surface area contributed by atoms with Crippen molar-refractivity contribution in [3.63, 3.8) is 0 Å². The number of ether oxygens (including phenoxy) is 3. The first kappa shape index (κ1) is 48.1. The van der Waals surface area contributed by atoms with Crippen LogP contribution in [0.3, 0.4) is 0 Å². The van der Waals surface area contributed by atoms with Crippen molar-refractivity contribution in [3.05, 3.63) is 123 Å². The topological polar surface area (TPSA) is 175 Å². The summed E-state index contributed by atoms with van der Waals surface area (Å²) < 4.78 is 17.4. The Balaban J connectivity index is 0.000000303. The Morgan fingerprint density at radius 1 is 0.623 bits per heavy atom. The van der Waals surface area contributed by atoms with Crippen LogP contribution < -0.4 is 15.4 Å². The number of hydrogen-bond donors (Lipinski definition) is 2. The summed E-state index contributed by atoms with van der Waals surface area (Å²) in [6.45, 7) is 11.3. The number of amides is 2. The molecule has 0 saturated carbocycles. The van der Waals surface area contributed by atoms with E-state index in [-0.39, 0.29) is 44.5 Å². The zero-order valence-corrected chi connectivity index (χ0v) is 38.5. The van der Waals surface area contributed by atoms with Gasteiger partial charge in [0, 0.05) is 49.0 Å². The molecule has 61 heavy (non-hydrogen) atoms. The minimum Gasteiger partial charge on any atom is -0.497 e. The maximum atomic E-state index is 13.1. The molecule has 14 nitrogen and oxygen atoms in total. The molecule has 16 heteroatoms. The van der Waals surface area contributed by atoms with Crippen molar-refractivity contribution in [1.82, 2.24) is 35.5 Å². The molecule has 0 aliphatic carbocycles. The number of carbonyl (C=O) groups excluding carboxylic acids is 4. The molecule has 5 rings (SSSR count). The predicted octanol–water partition coefficient (Wildman–Crippen LogP) is 7.28. The van der Waals surface area contributed by atoms with Gasteiger partial charge in [0.1, 0.15) is 23.5 Å². The highest BCUT2D eigenvalue weighted by Crippen LogP contribution is 2.19. The van der Waals surface area contributed by atoms with Crippen molar-refractivity contribution in [2.75, 3.05) is 26.7 Å². The summed E-state index contributed by atoms with van der Waals surface area (Å²) in [5.74, 6) is 0.452. The summed E-state index contributed by atoms with van der Waals surface area (Å²) in [4.78, 5) is 68.1. The highest BCUT2D eigenvalue weighted by Gasteiger charge is 2.23. The highest BCUT2D eigenvalue weighted by molar-refractivity contribution is 9.10. The molecule has 0 atom stereocenters. The van der Waals surface area contributed by atoms with E-state index in [1.165, 1.54) is 4.90 Å². The standard InChI is InChI=1S/C28H31BrN4O5.C17H20BrN3O2/c1-28(2,3)38-26(36)18-33(17-20-5-9-21(10-6-20)27-31-14-22(29)15-32-27)25(35)16-30-24(34)13-19-7-11-23(37-4)12-8-19;1-17(2,3)23-15(22)11-19-8-12-4-6-13(7-5-12)16-20-9-14(18)10-21-16/h5-12,14-15H,13,16-18H2,1-4H3,(H,30,34);4-7,9-10,19H,8,11H2,1-3H3. The van der Waals surface area contributed by atoms with Crippen LogP contribution in [0.1, 0.15) is 58.2 Å². The Kier molecular flexibility index (Phi) is 18.0. The Labute approximate surface area is 373 Å². The van der Waals surface area contributed by atoms with Gasteiger partial charge in [-0.2, -0.15) is 0 Å². The molecule has 0 fully saturated rings. The lowest BCUT2D eigenvalue weighted by Crippen LogP contribution is -2.43. The summed E-state index contributed by atoms with van der Waals surface area (Å²) in [5.41, 5.74) is 3.29. The molecule has 5 aromatic rings. The molecule has 0 aliphatic rings. The molecule has 0 aliphatic heterocycles. The van der Waals surface area contributed by atoms with Gasteiger partial charge in [-0.1, -0.05) is 60.7 Å². The van der Waals surface area contributed by atoms with E-state index in [0.29, 0.717) is 23.9 Å². The van der Waals surface area contributed by atoms with Crippen molar-refractivity contribution in [1.29, 1.82) is 0 Å². The van der Waals surface area contributed by atoms with Crippen molar-refractivity contribution in [2.24, 2.45) is 0 Å². The van der Waals surface area contributed by atoms with Crippen LogP contribution in [-0.4, -0.2) is 86.5 Å². The van der Waals surface area contributed by atoms with E-state index in [9.17, 15) is 19.2 Å². The van der Waals surface area contributed by atoms with Gasteiger partial charge in [0.2, 0.25) is 11.8 Å². The van der Waals surface area contributed by atoms with E-state index < -0.39 is 23.1 Å².